The van der Waals surface area contributed by atoms with Crippen molar-refractivity contribution in [3.63, 3.8) is 0 Å². The Morgan fingerprint density at radius 3 is 1.91 bits per heavy atom. The monoisotopic (exact) mass is 807 g/mol. The fourth-order valence-corrected chi connectivity index (χ4v) is 11.1. The first kappa shape index (κ1) is 43.0. The molecule has 0 bridgehead atoms. The number of anilines is 1. The molecule has 11 heteroatoms. The third kappa shape index (κ3) is 11.1. The molecule has 0 spiro atoms. The molecule has 3 aliphatic rings. The lowest BCUT2D eigenvalue weighted by atomic mass is 9.96. The zero-order chi connectivity index (χ0) is 39.5. The second-order valence-electron chi connectivity index (χ2n) is 16.8. The summed E-state index contributed by atoms with van der Waals surface area (Å²) in [4.78, 5) is 16.0. The molecule has 1 aromatic heterocycles. The third-order valence-electron chi connectivity index (χ3n) is 12.7. The van der Waals surface area contributed by atoms with Crippen LogP contribution in [0.25, 0.3) is 10.9 Å². The standard InChI is InChI=1S/C45H69N5O4S2/c1-5-6-7-8-9-10-11-12-13-14-33-54-39-15-18-41(19-16-39)56(52,53)44-35-46-43-20-17-40(55(4)51)34-42(43)45(44)50-27-23-37(24-28-50)48-25-21-38(22-26-48)49-31-29-47(30-32-49)36(2)3/h15-20,34-38H,5-14,21-33H2,1-4H3/t55-/m0/s1. The lowest BCUT2D eigenvalue weighted by Crippen LogP contribution is -2.56. The molecule has 0 unspecified atom stereocenters. The lowest BCUT2D eigenvalue weighted by molar-refractivity contribution is 0.0359. The van der Waals surface area contributed by atoms with Gasteiger partial charge in [-0.2, -0.15) is 0 Å². The average Bonchev–Trinajstić information content (AvgIpc) is 3.22. The van der Waals surface area contributed by atoms with Gasteiger partial charge < -0.3 is 14.5 Å². The van der Waals surface area contributed by atoms with E-state index in [4.69, 9.17) is 4.74 Å². The highest BCUT2D eigenvalue weighted by Gasteiger charge is 2.34. The van der Waals surface area contributed by atoms with E-state index in [0.717, 1.165) is 57.2 Å². The van der Waals surface area contributed by atoms with Gasteiger partial charge in [-0.25, -0.2) is 8.42 Å². The smallest absolute Gasteiger partial charge is 0.210 e. The number of nitrogens with zero attached hydrogens (tertiary/aromatic N) is 5. The number of likely N-dealkylation sites (tertiary alicyclic amines) is 1. The molecule has 4 heterocycles. The first-order valence-corrected chi connectivity index (χ1v) is 24.9. The van der Waals surface area contributed by atoms with Gasteiger partial charge in [-0.1, -0.05) is 64.7 Å². The van der Waals surface area contributed by atoms with E-state index >= 15 is 0 Å². The number of ether oxygens (including phenoxy) is 1. The molecule has 1 atom stereocenters. The normalized spacial score (nSPS) is 19.3. The zero-order valence-electron chi connectivity index (χ0n) is 34.8. The molecule has 310 valence electrons. The molecular formula is C45H69N5O4S2. The molecule has 56 heavy (non-hydrogen) atoms. The maximum Gasteiger partial charge on any atom is 0.210 e. The number of fused-ring (bicyclic) bond motifs is 1. The van der Waals surface area contributed by atoms with Gasteiger partial charge in [0.2, 0.25) is 9.84 Å². The van der Waals surface area contributed by atoms with E-state index in [2.05, 4.69) is 45.4 Å². The summed E-state index contributed by atoms with van der Waals surface area (Å²) in [5, 5.41) is 0.743. The van der Waals surface area contributed by atoms with Crippen LogP contribution >= 0.6 is 0 Å². The first-order chi connectivity index (χ1) is 27.2. The topological polar surface area (TPSA) is 86.3 Å². The van der Waals surface area contributed by atoms with Crippen LogP contribution in [0.4, 0.5) is 5.69 Å². The highest BCUT2D eigenvalue weighted by molar-refractivity contribution is 7.91. The van der Waals surface area contributed by atoms with Crippen molar-refractivity contribution in [2.45, 2.75) is 143 Å². The molecule has 3 aromatic rings. The minimum atomic E-state index is -3.92. The summed E-state index contributed by atoms with van der Waals surface area (Å²) in [5.74, 6) is 0.687. The number of sulfone groups is 1. The van der Waals surface area contributed by atoms with Gasteiger partial charge in [-0.3, -0.25) is 19.0 Å². The summed E-state index contributed by atoms with van der Waals surface area (Å²) in [5.41, 5.74) is 1.39. The van der Waals surface area contributed by atoms with E-state index in [1.165, 1.54) is 96.6 Å². The Balaban J connectivity index is 1.08. The molecule has 6 rings (SSSR count). The maximum atomic E-state index is 14.5. The summed E-state index contributed by atoms with van der Waals surface area (Å²) in [6, 6.07) is 14.2. The summed E-state index contributed by atoms with van der Waals surface area (Å²) >= 11 is 0. The van der Waals surface area contributed by atoms with Crippen molar-refractivity contribution < 1.29 is 17.4 Å². The minimum Gasteiger partial charge on any atom is -0.494 e. The van der Waals surface area contributed by atoms with Gasteiger partial charge in [0.05, 0.1) is 22.7 Å². The first-order valence-electron chi connectivity index (χ1n) is 21.9. The number of hydrogen-bond acceptors (Lipinski definition) is 9. The Morgan fingerprint density at radius 1 is 0.750 bits per heavy atom. The van der Waals surface area contributed by atoms with E-state index in [1.54, 1.807) is 30.5 Å². The van der Waals surface area contributed by atoms with Gasteiger partial charge in [0, 0.05) is 90.9 Å². The predicted octanol–water partition coefficient (Wildman–Crippen LogP) is 8.56. The molecule has 3 aliphatic heterocycles. The molecule has 0 amide bonds. The highest BCUT2D eigenvalue weighted by atomic mass is 32.2. The molecule has 0 radical (unpaired) electrons. The summed E-state index contributed by atoms with van der Waals surface area (Å²) < 4.78 is 47.6. The summed E-state index contributed by atoms with van der Waals surface area (Å²) in [7, 11) is -5.13. The molecule has 3 saturated heterocycles. The number of piperazine rings is 1. The molecule has 0 saturated carbocycles. The zero-order valence-corrected chi connectivity index (χ0v) is 36.4. The van der Waals surface area contributed by atoms with Gasteiger partial charge in [0.25, 0.3) is 0 Å². The van der Waals surface area contributed by atoms with E-state index in [0.29, 0.717) is 46.6 Å². The highest BCUT2D eigenvalue weighted by Crippen LogP contribution is 2.39. The van der Waals surface area contributed by atoms with Crippen LogP contribution in [0, 0.1) is 0 Å². The van der Waals surface area contributed by atoms with E-state index in [9.17, 15) is 12.6 Å². The van der Waals surface area contributed by atoms with E-state index < -0.39 is 20.6 Å². The van der Waals surface area contributed by atoms with E-state index in [1.807, 2.05) is 18.2 Å². The number of unbranched alkanes of at least 4 members (excludes halogenated alkanes) is 9. The Kier molecular flexibility index (Phi) is 16.1. The van der Waals surface area contributed by atoms with Gasteiger partial charge in [-0.05, 0) is 102 Å². The second-order valence-corrected chi connectivity index (χ2v) is 20.1. The van der Waals surface area contributed by atoms with Crippen molar-refractivity contribution in [3.8, 4) is 5.75 Å². The maximum absolute atomic E-state index is 14.5. The van der Waals surface area contributed by atoms with Crippen molar-refractivity contribution in [3.05, 3.63) is 48.7 Å². The second kappa shape index (κ2) is 20.9. The Morgan fingerprint density at radius 2 is 1.32 bits per heavy atom. The molecule has 0 N–H and O–H groups in total. The fraction of sp³-hybridized carbons (Fsp3) is 0.667. The van der Waals surface area contributed by atoms with Crippen LogP contribution in [0.15, 0.2) is 63.3 Å². The SMILES string of the molecule is CCCCCCCCCCCCOc1ccc(S(=O)(=O)c2cnc3ccc([S@](C)=O)cc3c2N2CCC(N3CCC(N4CCN(C(C)C)CC4)CC3)CC2)cc1. The molecule has 3 fully saturated rings. The van der Waals surface area contributed by atoms with Crippen LogP contribution in [-0.4, -0.2) is 116 Å². The van der Waals surface area contributed by atoms with Gasteiger partial charge in [-0.15, -0.1) is 0 Å². The predicted molar refractivity (Wildman–Crippen MR) is 231 cm³/mol. The fourth-order valence-electron chi connectivity index (χ4n) is 9.15. The van der Waals surface area contributed by atoms with Crippen LogP contribution in [0.5, 0.6) is 5.75 Å². The number of aromatic nitrogens is 1. The van der Waals surface area contributed by atoms with Crippen molar-refractivity contribution in [1.29, 1.82) is 0 Å². The van der Waals surface area contributed by atoms with Crippen LogP contribution in [-0.2, 0) is 20.6 Å². The van der Waals surface area contributed by atoms with Crippen LogP contribution in [0.3, 0.4) is 0 Å². The lowest BCUT2D eigenvalue weighted by Gasteiger charge is -2.46. The Bertz CT molecular complexity index is 1800. The van der Waals surface area contributed by atoms with Crippen LogP contribution < -0.4 is 9.64 Å². The average molecular weight is 808 g/mol. The van der Waals surface area contributed by atoms with Gasteiger partial charge in [0.15, 0.2) is 0 Å². The Labute approximate surface area is 340 Å². The number of hydrogen-bond donors (Lipinski definition) is 0. The van der Waals surface area contributed by atoms with Crippen LogP contribution in [0.1, 0.15) is 111 Å². The van der Waals surface area contributed by atoms with Crippen molar-refractivity contribution in [1.82, 2.24) is 19.7 Å². The quantitative estimate of drug-likeness (QED) is 0.111. The largest absolute Gasteiger partial charge is 0.494 e. The van der Waals surface area contributed by atoms with Crippen molar-refractivity contribution in [2.75, 3.05) is 70.1 Å². The van der Waals surface area contributed by atoms with Gasteiger partial charge in [0.1, 0.15) is 10.6 Å². The molecule has 0 aliphatic carbocycles. The van der Waals surface area contributed by atoms with Gasteiger partial charge >= 0.3 is 0 Å². The Hall–Kier alpha value is -2.57. The third-order valence-corrected chi connectivity index (χ3v) is 15.4. The molecule has 9 nitrogen and oxygen atoms in total. The minimum absolute atomic E-state index is 0.208. The number of piperidine rings is 2. The van der Waals surface area contributed by atoms with Crippen LogP contribution in [0.2, 0.25) is 0 Å². The molecular weight excluding hydrogens is 739 g/mol. The van der Waals surface area contributed by atoms with Crippen molar-refractivity contribution >= 4 is 37.2 Å². The number of rotatable bonds is 19. The number of pyridine rings is 1. The summed E-state index contributed by atoms with van der Waals surface area (Å²) in [6.45, 7) is 16.0. The number of benzene rings is 2. The molecule has 2 aromatic carbocycles. The van der Waals surface area contributed by atoms with E-state index in [-0.39, 0.29) is 9.79 Å². The van der Waals surface area contributed by atoms with Crippen molar-refractivity contribution in [2.24, 2.45) is 0 Å². The summed E-state index contributed by atoms with van der Waals surface area (Å²) in [6.07, 6.45) is 20.3.